The van der Waals surface area contributed by atoms with Crippen LogP contribution in [-0.4, -0.2) is 0 Å². The molecule has 0 bridgehead atoms. The van der Waals surface area contributed by atoms with E-state index in [1.54, 1.807) is 24.3 Å². The average molecular weight is 813 g/mol. The summed E-state index contributed by atoms with van der Waals surface area (Å²) in [5.74, 6) is -0.918. The number of anilines is 6. The Morgan fingerprint density at radius 3 is 1.00 bits per heavy atom. The van der Waals surface area contributed by atoms with Crippen molar-refractivity contribution in [2.24, 2.45) is 0 Å². The van der Waals surface area contributed by atoms with E-state index in [0.29, 0.717) is 0 Å². The fourth-order valence-electron chi connectivity index (χ4n) is 10.5. The Kier molecular flexibility index (Phi) is 8.37. The molecule has 0 heterocycles. The topological polar surface area (TPSA) is 6.48 Å². The van der Waals surface area contributed by atoms with E-state index in [-0.39, 0.29) is 28.3 Å². The molecule has 0 saturated heterocycles. The molecule has 0 radical (unpaired) electrons. The van der Waals surface area contributed by atoms with Crippen LogP contribution in [0.1, 0.15) is 55.5 Å². The van der Waals surface area contributed by atoms with Gasteiger partial charge in [0.15, 0.2) is 0 Å². The van der Waals surface area contributed by atoms with E-state index in [4.69, 9.17) is 0 Å². The van der Waals surface area contributed by atoms with E-state index in [0.717, 1.165) is 55.8 Å². The van der Waals surface area contributed by atoms with Gasteiger partial charge in [-0.15, -0.1) is 0 Å². The lowest BCUT2D eigenvalue weighted by atomic mass is 9.78. The first kappa shape index (κ1) is 37.9. The number of nitrogens with zero attached hydrogens (tertiary/aromatic N) is 2. The molecule has 302 valence electrons. The van der Waals surface area contributed by atoms with Crippen molar-refractivity contribution in [3.8, 4) is 22.3 Å². The normalized spacial score (nSPS) is 14.1. The third kappa shape index (κ3) is 5.64. The lowest BCUT2D eigenvalue weighted by molar-refractivity contribution is 0.627. The molecule has 0 amide bonds. The predicted octanol–water partition coefficient (Wildman–Crippen LogP) is 16.3. The van der Waals surface area contributed by atoms with Crippen molar-refractivity contribution in [1.82, 2.24) is 0 Å². The van der Waals surface area contributed by atoms with Crippen molar-refractivity contribution in [3.05, 3.63) is 215 Å². The van der Waals surface area contributed by atoms with Crippen LogP contribution in [0.5, 0.6) is 0 Å². The molecule has 0 atom stereocenters. The van der Waals surface area contributed by atoms with Gasteiger partial charge >= 0.3 is 0 Å². The lowest BCUT2D eigenvalue weighted by Gasteiger charge is -2.30. The zero-order valence-corrected chi connectivity index (χ0v) is 35.2. The number of hydrogen-bond donors (Lipinski definition) is 0. The summed E-state index contributed by atoms with van der Waals surface area (Å²) >= 11 is 0. The SMILES string of the molecule is Cc1ccc(N(c2ccc(F)cc2)c2cc3c(c4ccccc24)C(C)(C)c2cc4c(cc2-3)C(C)(C)c2c-4cc(N(c3ccc(F)cc3)c3ccc(F)cc3)c3ccccc23)cc1. The van der Waals surface area contributed by atoms with Crippen LogP contribution in [0.25, 0.3) is 43.8 Å². The predicted molar refractivity (Wildman–Crippen MR) is 251 cm³/mol. The van der Waals surface area contributed by atoms with Crippen molar-refractivity contribution in [2.45, 2.75) is 45.4 Å². The summed E-state index contributed by atoms with van der Waals surface area (Å²) in [6, 6.07) is 55.0. The van der Waals surface area contributed by atoms with Crippen LogP contribution in [0.2, 0.25) is 0 Å². The maximum absolute atomic E-state index is 14.4. The summed E-state index contributed by atoms with van der Waals surface area (Å²) < 4.78 is 43.3. The van der Waals surface area contributed by atoms with E-state index in [1.165, 1.54) is 86.3 Å². The second-order valence-corrected chi connectivity index (χ2v) is 17.9. The molecule has 0 fully saturated rings. The van der Waals surface area contributed by atoms with Gasteiger partial charge in [0.1, 0.15) is 17.5 Å². The maximum atomic E-state index is 14.4. The Bertz CT molecular complexity index is 2940. The van der Waals surface area contributed by atoms with E-state index >= 15 is 0 Å². The minimum absolute atomic E-state index is 0.275. The van der Waals surface area contributed by atoms with Crippen molar-refractivity contribution < 1.29 is 13.2 Å². The summed E-state index contributed by atoms with van der Waals surface area (Å²) in [4.78, 5) is 4.36. The molecule has 5 heteroatoms. The van der Waals surface area contributed by atoms with Gasteiger partial charge in [-0.05, 0) is 171 Å². The Hall–Kier alpha value is -7.11. The van der Waals surface area contributed by atoms with Crippen LogP contribution in [0, 0.1) is 24.4 Å². The molecule has 0 aliphatic heterocycles. The Labute approximate surface area is 360 Å². The summed E-state index contributed by atoms with van der Waals surface area (Å²) in [5, 5.41) is 4.49. The van der Waals surface area contributed by atoms with Crippen LogP contribution in [0.4, 0.5) is 47.3 Å². The molecule has 0 unspecified atom stereocenters. The Balaban J connectivity index is 1.16. The molecule has 62 heavy (non-hydrogen) atoms. The molecule has 0 N–H and O–H groups in total. The number of halogens is 3. The summed E-state index contributed by atoms with van der Waals surface area (Å²) in [5.41, 5.74) is 15.6. The molecule has 9 aromatic carbocycles. The van der Waals surface area contributed by atoms with Crippen molar-refractivity contribution in [3.63, 3.8) is 0 Å². The number of hydrogen-bond acceptors (Lipinski definition) is 2. The third-order valence-electron chi connectivity index (χ3n) is 13.4. The second kappa shape index (κ2) is 13.7. The molecule has 2 nitrogen and oxygen atoms in total. The van der Waals surface area contributed by atoms with Gasteiger partial charge in [-0.3, -0.25) is 0 Å². The molecule has 0 spiro atoms. The average Bonchev–Trinajstić information content (AvgIpc) is 3.64. The summed E-state index contributed by atoms with van der Waals surface area (Å²) in [6.45, 7) is 11.4. The first-order valence-electron chi connectivity index (χ1n) is 21.2. The summed E-state index contributed by atoms with van der Waals surface area (Å²) in [7, 11) is 0. The zero-order valence-electron chi connectivity index (χ0n) is 35.2. The number of fused-ring (bicyclic) bond motifs is 10. The van der Waals surface area contributed by atoms with Gasteiger partial charge in [0.25, 0.3) is 0 Å². The van der Waals surface area contributed by atoms with E-state index < -0.39 is 0 Å². The van der Waals surface area contributed by atoms with Crippen molar-refractivity contribution in [1.29, 1.82) is 0 Å². The molecular formula is C57H43F3N2. The van der Waals surface area contributed by atoms with Gasteiger partial charge in [0, 0.05) is 44.4 Å². The van der Waals surface area contributed by atoms with Gasteiger partial charge in [-0.25, -0.2) is 13.2 Å². The molecular weight excluding hydrogens is 770 g/mol. The smallest absolute Gasteiger partial charge is 0.123 e. The van der Waals surface area contributed by atoms with Gasteiger partial charge in [-0.1, -0.05) is 93.9 Å². The second-order valence-electron chi connectivity index (χ2n) is 17.9. The maximum Gasteiger partial charge on any atom is 0.123 e. The highest BCUT2D eigenvalue weighted by atomic mass is 19.1. The minimum atomic E-state index is -0.372. The highest BCUT2D eigenvalue weighted by molar-refractivity contribution is 6.10. The van der Waals surface area contributed by atoms with Gasteiger partial charge in [0.05, 0.1) is 11.4 Å². The van der Waals surface area contributed by atoms with Gasteiger partial charge in [0.2, 0.25) is 0 Å². The van der Waals surface area contributed by atoms with Gasteiger partial charge in [-0.2, -0.15) is 0 Å². The van der Waals surface area contributed by atoms with Crippen LogP contribution in [0.15, 0.2) is 170 Å². The molecule has 11 rings (SSSR count). The number of rotatable bonds is 6. The lowest BCUT2D eigenvalue weighted by Crippen LogP contribution is -2.18. The quantitative estimate of drug-likeness (QED) is 0.165. The Morgan fingerprint density at radius 1 is 0.355 bits per heavy atom. The molecule has 0 aromatic heterocycles. The fraction of sp³-hybridized carbons (Fsp3) is 0.123. The van der Waals surface area contributed by atoms with Crippen LogP contribution >= 0.6 is 0 Å². The Morgan fingerprint density at radius 2 is 0.661 bits per heavy atom. The first-order valence-corrected chi connectivity index (χ1v) is 21.2. The van der Waals surface area contributed by atoms with Crippen molar-refractivity contribution in [2.75, 3.05) is 9.80 Å². The molecule has 0 saturated carbocycles. The molecule has 2 aliphatic rings. The van der Waals surface area contributed by atoms with E-state index in [9.17, 15) is 13.2 Å². The van der Waals surface area contributed by atoms with Gasteiger partial charge < -0.3 is 9.80 Å². The first-order chi connectivity index (χ1) is 29.9. The van der Waals surface area contributed by atoms with E-state index in [1.807, 2.05) is 12.1 Å². The highest BCUT2D eigenvalue weighted by Crippen LogP contribution is 2.60. The zero-order chi connectivity index (χ0) is 42.7. The third-order valence-corrected chi connectivity index (χ3v) is 13.4. The number of aryl methyl sites for hydroxylation is 1. The monoisotopic (exact) mass is 812 g/mol. The van der Waals surface area contributed by atoms with Crippen LogP contribution < -0.4 is 9.80 Å². The van der Waals surface area contributed by atoms with Crippen LogP contribution in [-0.2, 0) is 10.8 Å². The minimum Gasteiger partial charge on any atom is -0.310 e. The van der Waals surface area contributed by atoms with E-state index in [2.05, 4.69) is 141 Å². The highest BCUT2D eigenvalue weighted by Gasteiger charge is 2.44. The summed E-state index contributed by atoms with van der Waals surface area (Å²) in [6.07, 6.45) is 0. The van der Waals surface area contributed by atoms with Crippen LogP contribution in [0.3, 0.4) is 0 Å². The fourth-order valence-corrected chi connectivity index (χ4v) is 10.5. The molecule has 9 aromatic rings. The standard InChI is InChI=1S/C57H43F3N2/c1-34-14-22-38(23-15-34)61(39-24-16-35(58)17-25-39)52-32-48-46-30-51-47(31-50(46)56(2,3)54(48)44-12-8-6-10-42(44)52)49-33-53(43-11-7-9-13-45(43)55(49)57(51,4)5)62(40-26-18-36(59)19-27-40)41-28-20-37(60)21-29-41/h6-33H,1-5H3. The largest absolute Gasteiger partial charge is 0.310 e. The van der Waals surface area contributed by atoms with Crippen molar-refractivity contribution >= 4 is 55.7 Å². The number of benzene rings is 9. The molecule has 2 aliphatic carbocycles.